The van der Waals surface area contributed by atoms with Crippen LogP contribution >= 0.6 is 0 Å². The lowest BCUT2D eigenvalue weighted by molar-refractivity contribution is 0.133. The van der Waals surface area contributed by atoms with Gasteiger partial charge in [-0.3, -0.25) is 0 Å². The minimum absolute atomic E-state index is 0.284. The van der Waals surface area contributed by atoms with Gasteiger partial charge in [0.25, 0.3) is 0 Å². The number of hydrogen-bond donors (Lipinski definition) is 1. The Labute approximate surface area is 123 Å². The Balaban J connectivity index is 1.95. The Hall–Kier alpha value is -1.78. The second-order valence-electron chi connectivity index (χ2n) is 4.75. The highest BCUT2D eigenvalue weighted by Gasteiger charge is 2.05. The Morgan fingerprint density at radius 1 is 0.952 bits per heavy atom. The molecule has 0 spiro atoms. The van der Waals surface area contributed by atoms with Crippen LogP contribution in [0.4, 0.5) is 8.78 Å². The predicted octanol–water partition coefficient (Wildman–Crippen LogP) is 3.79. The van der Waals surface area contributed by atoms with Gasteiger partial charge in [-0.2, -0.15) is 0 Å². The van der Waals surface area contributed by atoms with Crippen molar-refractivity contribution >= 4 is 0 Å². The van der Waals surface area contributed by atoms with Gasteiger partial charge in [0, 0.05) is 25.3 Å². The number of halogens is 2. The van der Waals surface area contributed by atoms with Gasteiger partial charge in [-0.15, -0.1) is 0 Å². The van der Waals surface area contributed by atoms with Gasteiger partial charge >= 0.3 is 0 Å². The number of nitrogens with one attached hydrogen (secondary N) is 1. The normalized spacial score (nSPS) is 10.8. The van der Waals surface area contributed by atoms with Crippen molar-refractivity contribution in [2.75, 3.05) is 6.61 Å². The average molecular weight is 291 g/mol. The first-order chi connectivity index (χ1) is 10.2. The van der Waals surface area contributed by atoms with Crippen molar-refractivity contribution in [1.82, 2.24) is 5.32 Å². The second-order valence-corrected chi connectivity index (χ2v) is 4.75. The zero-order valence-electron chi connectivity index (χ0n) is 12.0. The number of rotatable bonds is 7. The summed E-state index contributed by atoms with van der Waals surface area (Å²) in [6, 6.07) is 11.4. The van der Waals surface area contributed by atoms with Crippen LogP contribution < -0.4 is 5.32 Å². The fourth-order valence-corrected chi connectivity index (χ4v) is 2.09. The van der Waals surface area contributed by atoms with Crippen LogP contribution in [-0.4, -0.2) is 6.61 Å². The van der Waals surface area contributed by atoms with E-state index >= 15 is 0 Å². The van der Waals surface area contributed by atoms with Gasteiger partial charge < -0.3 is 10.1 Å². The molecule has 2 aromatic carbocycles. The van der Waals surface area contributed by atoms with E-state index in [2.05, 4.69) is 5.32 Å². The molecule has 0 saturated heterocycles. The van der Waals surface area contributed by atoms with E-state index in [0.717, 1.165) is 23.3 Å². The summed E-state index contributed by atoms with van der Waals surface area (Å²) in [4.78, 5) is 0. The fourth-order valence-electron chi connectivity index (χ4n) is 2.09. The van der Waals surface area contributed by atoms with Crippen molar-refractivity contribution in [3.05, 3.63) is 70.8 Å². The molecule has 0 radical (unpaired) electrons. The molecular weight excluding hydrogens is 272 g/mol. The molecule has 0 amide bonds. The maximum Gasteiger partial charge on any atom is 0.127 e. The van der Waals surface area contributed by atoms with Crippen molar-refractivity contribution in [1.29, 1.82) is 0 Å². The standard InChI is InChI=1S/C17H19F2NO/c1-2-21-12-14-6-4-3-5-13(14)10-20-11-15-9-16(18)7-8-17(15)19/h3-9,20H,2,10-12H2,1H3. The molecule has 0 aromatic heterocycles. The van der Waals surface area contributed by atoms with Crippen LogP contribution in [0.5, 0.6) is 0 Å². The smallest absolute Gasteiger partial charge is 0.127 e. The molecular formula is C17H19F2NO. The van der Waals surface area contributed by atoms with E-state index in [0.29, 0.717) is 25.3 Å². The Kier molecular flexibility index (Phi) is 5.84. The SMILES string of the molecule is CCOCc1ccccc1CNCc1cc(F)ccc1F. The van der Waals surface area contributed by atoms with Crippen molar-refractivity contribution in [2.24, 2.45) is 0 Å². The van der Waals surface area contributed by atoms with Crippen LogP contribution in [-0.2, 0) is 24.4 Å². The Morgan fingerprint density at radius 3 is 2.43 bits per heavy atom. The summed E-state index contributed by atoms with van der Waals surface area (Å²) in [5.74, 6) is -0.823. The molecule has 0 atom stereocenters. The summed E-state index contributed by atoms with van der Waals surface area (Å²) >= 11 is 0. The van der Waals surface area contributed by atoms with Crippen LogP contribution in [0.1, 0.15) is 23.6 Å². The summed E-state index contributed by atoms with van der Waals surface area (Å²) in [6.07, 6.45) is 0. The Bertz CT molecular complexity index is 587. The lowest BCUT2D eigenvalue weighted by Crippen LogP contribution is -2.15. The highest BCUT2D eigenvalue weighted by atomic mass is 19.1. The molecule has 0 aliphatic rings. The molecule has 0 saturated carbocycles. The van der Waals surface area contributed by atoms with E-state index in [1.54, 1.807) is 0 Å². The summed E-state index contributed by atoms with van der Waals surface area (Å²) in [5.41, 5.74) is 2.53. The molecule has 21 heavy (non-hydrogen) atoms. The average Bonchev–Trinajstić information content (AvgIpc) is 2.50. The molecule has 1 N–H and O–H groups in total. The number of benzene rings is 2. The lowest BCUT2D eigenvalue weighted by Gasteiger charge is -2.11. The molecule has 0 fully saturated rings. The Morgan fingerprint density at radius 2 is 1.67 bits per heavy atom. The summed E-state index contributed by atoms with van der Waals surface area (Å²) in [6.45, 7) is 4.04. The molecule has 0 bridgehead atoms. The zero-order valence-corrected chi connectivity index (χ0v) is 12.0. The molecule has 2 rings (SSSR count). The summed E-state index contributed by atoms with van der Waals surface area (Å²) < 4.78 is 32.0. The molecule has 0 aliphatic heterocycles. The van der Waals surface area contributed by atoms with Crippen molar-refractivity contribution < 1.29 is 13.5 Å². The van der Waals surface area contributed by atoms with Crippen LogP contribution in [0.15, 0.2) is 42.5 Å². The zero-order chi connectivity index (χ0) is 15.1. The van der Waals surface area contributed by atoms with Crippen molar-refractivity contribution in [3.63, 3.8) is 0 Å². The van der Waals surface area contributed by atoms with E-state index < -0.39 is 11.6 Å². The third-order valence-electron chi connectivity index (χ3n) is 3.22. The van der Waals surface area contributed by atoms with E-state index in [4.69, 9.17) is 4.74 Å². The van der Waals surface area contributed by atoms with E-state index in [1.807, 2.05) is 31.2 Å². The third kappa shape index (κ3) is 4.62. The third-order valence-corrected chi connectivity index (χ3v) is 3.22. The summed E-state index contributed by atoms with van der Waals surface area (Å²) in [5, 5.41) is 3.14. The van der Waals surface area contributed by atoms with Crippen molar-refractivity contribution in [2.45, 2.75) is 26.6 Å². The lowest BCUT2D eigenvalue weighted by atomic mass is 10.1. The van der Waals surface area contributed by atoms with Gasteiger partial charge in [-0.1, -0.05) is 24.3 Å². The molecule has 2 nitrogen and oxygen atoms in total. The maximum atomic E-state index is 13.5. The first-order valence-corrected chi connectivity index (χ1v) is 7.00. The minimum Gasteiger partial charge on any atom is -0.377 e. The highest BCUT2D eigenvalue weighted by Crippen LogP contribution is 2.12. The molecule has 0 aliphatic carbocycles. The molecule has 4 heteroatoms. The van der Waals surface area contributed by atoms with Crippen LogP contribution in [0.2, 0.25) is 0 Å². The second kappa shape index (κ2) is 7.86. The largest absolute Gasteiger partial charge is 0.377 e. The first-order valence-electron chi connectivity index (χ1n) is 7.00. The monoisotopic (exact) mass is 291 g/mol. The molecule has 0 heterocycles. The van der Waals surface area contributed by atoms with E-state index in [-0.39, 0.29) is 6.54 Å². The van der Waals surface area contributed by atoms with Gasteiger partial charge in [0.2, 0.25) is 0 Å². The van der Waals surface area contributed by atoms with E-state index in [9.17, 15) is 8.78 Å². The predicted molar refractivity (Wildman–Crippen MR) is 78.7 cm³/mol. The summed E-state index contributed by atoms with van der Waals surface area (Å²) in [7, 11) is 0. The van der Waals surface area contributed by atoms with E-state index in [1.165, 1.54) is 6.07 Å². The fraction of sp³-hybridized carbons (Fsp3) is 0.294. The molecule has 112 valence electrons. The minimum atomic E-state index is -0.426. The van der Waals surface area contributed by atoms with Crippen molar-refractivity contribution in [3.8, 4) is 0 Å². The quantitative estimate of drug-likeness (QED) is 0.838. The van der Waals surface area contributed by atoms with Gasteiger partial charge in [0.1, 0.15) is 11.6 Å². The van der Waals surface area contributed by atoms with Gasteiger partial charge in [-0.05, 0) is 36.2 Å². The van der Waals surface area contributed by atoms with Gasteiger partial charge in [-0.25, -0.2) is 8.78 Å². The van der Waals surface area contributed by atoms with Gasteiger partial charge in [0.15, 0.2) is 0 Å². The van der Waals surface area contributed by atoms with Gasteiger partial charge in [0.05, 0.1) is 6.61 Å². The number of hydrogen-bond acceptors (Lipinski definition) is 2. The maximum absolute atomic E-state index is 13.5. The molecule has 0 unspecified atom stereocenters. The first kappa shape index (κ1) is 15.6. The van der Waals surface area contributed by atoms with Crippen LogP contribution in [0, 0.1) is 11.6 Å². The van der Waals surface area contributed by atoms with Crippen LogP contribution in [0.25, 0.3) is 0 Å². The highest BCUT2D eigenvalue weighted by molar-refractivity contribution is 5.26. The topological polar surface area (TPSA) is 21.3 Å². The number of ether oxygens (including phenoxy) is 1. The van der Waals surface area contributed by atoms with Crippen LogP contribution in [0.3, 0.4) is 0 Å². The molecule has 2 aromatic rings.